The van der Waals surface area contributed by atoms with Gasteiger partial charge in [0.2, 0.25) is 5.91 Å². The highest BCUT2D eigenvalue weighted by atomic mass is 79.9. The Morgan fingerprint density at radius 2 is 2.04 bits per heavy atom. The molecule has 0 radical (unpaired) electrons. The van der Waals surface area contributed by atoms with Crippen molar-refractivity contribution in [1.82, 2.24) is 4.90 Å². The Kier molecular flexibility index (Phi) is 5.69. The van der Waals surface area contributed by atoms with Crippen molar-refractivity contribution in [1.29, 1.82) is 0 Å². The van der Waals surface area contributed by atoms with Crippen LogP contribution in [0.25, 0.3) is 6.08 Å². The van der Waals surface area contributed by atoms with Gasteiger partial charge in [-0.1, -0.05) is 18.2 Å². The molecule has 0 unspecified atom stereocenters. The molecule has 1 aromatic heterocycles. The minimum absolute atomic E-state index is 0.201. The molecule has 9 heteroatoms. The Morgan fingerprint density at radius 1 is 1.31 bits per heavy atom. The molecule has 0 spiro atoms. The highest BCUT2D eigenvalue weighted by Crippen LogP contribution is 2.34. The number of carbonyl (C=O) groups excluding carboxylic acids is 3. The minimum Gasteiger partial charge on any atom is -0.449 e. The molecule has 134 valence electrons. The molecule has 0 atom stereocenters. The largest absolute Gasteiger partial charge is 0.449 e. The molecular formula is C17H12Br2N2O4S. The number of carbonyl (C=O) groups is 3. The van der Waals surface area contributed by atoms with Gasteiger partial charge in [0.25, 0.3) is 11.1 Å². The van der Waals surface area contributed by atoms with Crippen LogP contribution in [0.4, 0.5) is 10.5 Å². The van der Waals surface area contributed by atoms with E-state index in [-0.39, 0.29) is 11.4 Å². The summed E-state index contributed by atoms with van der Waals surface area (Å²) in [4.78, 5) is 37.9. The molecule has 26 heavy (non-hydrogen) atoms. The maximum Gasteiger partial charge on any atom is 0.294 e. The van der Waals surface area contributed by atoms with Gasteiger partial charge in [0.15, 0.2) is 4.67 Å². The Labute approximate surface area is 170 Å². The summed E-state index contributed by atoms with van der Waals surface area (Å²) in [5.74, 6) is -0.548. The SMILES string of the molecule is Cc1ccccc1NC(=O)CN1C(=O)S/C(=C\c2cc(Br)c(Br)o2)C1=O. The van der Waals surface area contributed by atoms with Crippen molar-refractivity contribution in [3.05, 3.63) is 55.7 Å². The van der Waals surface area contributed by atoms with E-state index >= 15 is 0 Å². The number of rotatable bonds is 4. The number of thioether (sulfide) groups is 1. The van der Waals surface area contributed by atoms with Gasteiger partial charge < -0.3 is 9.73 Å². The average Bonchev–Trinajstić information content (AvgIpc) is 3.03. The first-order chi connectivity index (χ1) is 12.3. The average molecular weight is 500 g/mol. The van der Waals surface area contributed by atoms with Gasteiger partial charge in [0, 0.05) is 11.8 Å². The van der Waals surface area contributed by atoms with Crippen LogP contribution in [0, 0.1) is 6.92 Å². The predicted molar refractivity (Wildman–Crippen MR) is 107 cm³/mol. The summed E-state index contributed by atoms with van der Waals surface area (Å²) in [6.45, 7) is 1.51. The maximum atomic E-state index is 12.4. The molecule has 3 rings (SSSR count). The molecule has 1 saturated heterocycles. The van der Waals surface area contributed by atoms with E-state index in [4.69, 9.17) is 4.42 Å². The topological polar surface area (TPSA) is 79.6 Å². The van der Waals surface area contributed by atoms with E-state index in [1.54, 1.807) is 18.2 Å². The molecule has 3 amide bonds. The van der Waals surface area contributed by atoms with Crippen molar-refractivity contribution < 1.29 is 18.8 Å². The number of imide groups is 1. The number of furan rings is 1. The van der Waals surface area contributed by atoms with Crippen molar-refractivity contribution in [2.24, 2.45) is 0 Å². The van der Waals surface area contributed by atoms with Crippen LogP contribution in [0.15, 0.2) is 48.8 Å². The lowest BCUT2D eigenvalue weighted by Gasteiger charge is -2.13. The highest BCUT2D eigenvalue weighted by molar-refractivity contribution is 9.13. The smallest absolute Gasteiger partial charge is 0.294 e. The summed E-state index contributed by atoms with van der Waals surface area (Å²) in [5, 5.41) is 2.21. The lowest BCUT2D eigenvalue weighted by atomic mass is 10.2. The lowest BCUT2D eigenvalue weighted by Crippen LogP contribution is -2.36. The van der Waals surface area contributed by atoms with Crippen molar-refractivity contribution in [2.75, 3.05) is 11.9 Å². The zero-order valence-corrected chi connectivity index (χ0v) is 17.4. The molecule has 6 nitrogen and oxygen atoms in total. The fourth-order valence-corrected chi connectivity index (χ4v) is 3.67. The fraction of sp³-hybridized carbons (Fsp3) is 0.118. The molecule has 2 heterocycles. The monoisotopic (exact) mass is 498 g/mol. The molecular weight excluding hydrogens is 488 g/mol. The quantitative estimate of drug-likeness (QED) is 0.612. The van der Waals surface area contributed by atoms with Crippen LogP contribution in [0.3, 0.4) is 0 Å². The summed E-state index contributed by atoms with van der Waals surface area (Å²) in [6, 6.07) is 8.94. The van der Waals surface area contributed by atoms with Gasteiger partial charge in [0.1, 0.15) is 12.3 Å². The molecule has 0 saturated carbocycles. The molecule has 1 fully saturated rings. The van der Waals surface area contributed by atoms with Gasteiger partial charge in [-0.2, -0.15) is 0 Å². The van der Waals surface area contributed by atoms with Crippen molar-refractivity contribution in [3.63, 3.8) is 0 Å². The first kappa shape index (κ1) is 18.9. The fourth-order valence-electron chi connectivity index (χ4n) is 2.25. The number of halogens is 2. The van der Waals surface area contributed by atoms with E-state index in [0.29, 0.717) is 20.6 Å². The van der Waals surface area contributed by atoms with E-state index < -0.39 is 17.1 Å². The Hall–Kier alpha value is -1.84. The Bertz CT molecular complexity index is 919. The second kappa shape index (κ2) is 7.81. The number of anilines is 1. The van der Waals surface area contributed by atoms with Crippen LogP contribution in [-0.4, -0.2) is 28.5 Å². The zero-order chi connectivity index (χ0) is 18.8. The third-order valence-electron chi connectivity index (χ3n) is 3.53. The molecule has 1 aliphatic heterocycles. The zero-order valence-electron chi connectivity index (χ0n) is 13.4. The van der Waals surface area contributed by atoms with Gasteiger partial charge in [-0.3, -0.25) is 19.3 Å². The normalized spacial score (nSPS) is 15.8. The highest BCUT2D eigenvalue weighted by Gasteiger charge is 2.36. The van der Waals surface area contributed by atoms with Gasteiger partial charge in [-0.25, -0.2) is 0 Å². The third-order valence-corrected chi connectivity index (χ3v) is 6.15. The Morgan fingerprint density at radius 3 is 2.69 bits per heavy atom. The third kappa shape index (κ3) is 4.11. The van der Waals surface area contributed by atoms with Crippen LogP contribution in [0.1, 0.15) is 11.3 Å². The number of para-hydroxylation sites is 1. The summed E-state index contributed by atoms with van der Waals surface area (Å²) in [6.07, 6.45) is 1.47. The standard InChI is InChI=1S/C17H12Br2N2O4S/c1-9-4-2-3-5-12(9)20-14(22)8-21-16(23)13(26-17(21)24)7-10-6-11(18)15(19)25-10/h2-7H,8H2,1H3,(H,20,22)/b13-7-. The van der Waals surface area contributed by atoms with Gasteiger partial charge in [-0.15, -0.1) is 0 Å². The molecule has 0 aliphatic carbocycles. The van der Waals surface area contributed by atoms with Gasteiger partial charge >= 0.3 is 0 Å². The number of amides is 3. The summed E-state index contributed by atoms with van der Waals surface area (Å²) in [7, 11) is 0. The summed E-state index contributed by atoms with van der Waals surface area (Å²) in [5.41, 5.74) is 1.54. The first-order valence-corrected chi connectivity index (χ1v) is 9.81. The minimum atomic E-state index is -0.524. The Balaban J connectivity index is 1.71. The molecule has 1 N–H and O–H groups in total. The van der Waals surface area contributed by atoms with E-state index in [2.05, 4.69) is 37.2 Å². The van der Waals surface area contributed by atoms with Crippen LogP contribution in [0.2, 0.25) is 0 Å². The van der Waals surface area contributed by atoms with Crippen LogP contribution in [0.5, 0.6) is 0 Å². The van der Waals surface area contributed by atoms with Crippen molar-refractivity contribution in [2.45, 2.75) is 6.92 Å². The van der Waals surface area contributed by atoms with Crippen LogP contribution in [-0.2, 0) is 9.59 Å². The van der Waals surface area contributed by atoms with E-state index in [9.17, 15) is 14.4 Å². The second-order valence-electron chi connectivity index (χ2n) is 5.40. The van der Waals surface area contributed by atoms with Crippen molar-refractivity contribution >= 4 is 72.4 Å². The number of aryl methyl sites for hydroxylation is 1. The number of nitrogens with zero attached hydrogens (tertiary/aromatic N) is 1. The van der Waals surface area contributed by atoms with E-state index in [1.807, 2.05) is 19.1 Å². The predicted octanol–water partition coefficient (Wildman–Crippen LogP) is 4.79. The first-order valence-electron chi connectivity index (χ1n) is 7.41. The molecule has 2 aromatic rings. The number of hydrogen-bond donors (Lipinski definition) is 1. The van der Waals surface area contributed by atoms with Crippen LogP contribution < -0.4 is 5.32 Å². The summed E-state index contributed by atoms with van der Waals surface area (Å²) < 4.78 is 6.57. The number of hydrogen-bond acceptors (Lipinski definition) is 5. The second-order valence-corrected chi connectivity index (χ2v) is 7.97. The maximum absolute atomic E-state index is 12.4. The van der Waals surface area contributed by atoms with E-state index in [0.717, 1.165) is 22.2 Å². The summed E-state index contributed by atoms with van der Waals surface area (Å²) >= 11 is 7.26. The number of benzene rings is 1. The lowest BCUT2D eigenvalue weighted by molar-refractivity contribution is -0.127. The molecule has 1 aliphatic rings. The molecule has 0 bridgehead atoms. The van der Waals surface area contributed by atoms with Crippen molar-refractivity contribution in [3.8, 4) is 0 Å². The van der Waals surface area contributed by atoms with E-state index in [1.165, 1.54) is 6.08 Å². The van der Waals surface area contributed by atoms with Gasteiger partial charge in [0.05, 0.1) is 9.38 Å². The van der Waals surface area contributed by atoms with Crippen LogP contribution >= 0.6 is 43.6 Å². The molecule has 1 aromatic carbocycles. The number of nitrogens with one attached hydrogen (secondary N) is 1. The van der Waals surface area contributed by atoms with Gasteiger partial charge in [-0.05, 0) is 68.2 Å².